The standard InChI is InChI=1S/C22H30N4O2/c1-16-3-7-20(8-4-16)24-22(28)15-25-9-11-26(12-10-25)21-13-18(17(2)27)5-6-19(21)14-23/h5-6,13,16,20H,3-4,7-12,15H2,1-2H3,(H,24,28). The van der Waals surface area contributed by atoms with Crippen LogP contribution in [0.5, 0.6) is 0 Å². The van der Waals surface area contributed by atoms with E-state index in [1.54, 1.807) is 12.1 Å². The van der Waals surface area contributed by atoms with E-state index in [0.717, 1.165) is 50.6 Å². The minimum atomic E-state index is -0.00171. The van der Waals surface area contributed by atoms with Gasteiger partial charge in [0.1, 0.15) is 6.07 Å². The second-order valence-electron chi connectivity index (χ2n) is 8.19. The summed E-state index contributed by atoms with van der Waals surface area (Å²) in [7, 11) is 0. The Balaban J connectivity index is 1.52. The van der Waals surface area contributed by atoms with Gasteiger partial charge in [0.25, 0.3) is 0 Å². The molecule has 0 radical (unpaired) electrons. The molecule has 1 amide bonds. The smallest absolute Gasteiger partial charge is 0.234 e. The number of hydrogen-bond acceptors (Lipinski definition) is 5. The summed E-state index contributed by atoms with van der Waals surface area (Å²) in [5.74, 6) is 0.892. The van der Waals surface area contributed by atoms with Crippen LogP contribution in [0.25, 0.3) is 0 Å². The van der Waals surface area contributed by atoms with Crippen LogP contribution in [-0.2, 0) is 4.79 Å². The summed E-state index contributed by atoms with van der Waals surface area (Å²) in [5, 5.41) is 12.6. The Labute approximate surface area is 167 Å². The number of Topliss-reactive ketones (excluding diaryl/α,β-unsaturated/α-hetero) is 1. The molecule has 1 aromatic carbocycles. The molecule has 0 unspecified atom stereocenters. The average molecular weight is 383 g/mol. The summed E-state index contributed by atoms with van der Waals surface area (Å²) in [6.45, 7) is 7.26. The Bertz CT molecular complexity index is 754. The molecule has 1 N–H and O–H groups in total. The Morgan fingerprint density at radius 1 is 1.14 bits per heavy atom. The van der Waals surface area contributed by atoms with Gasteiger partial charge in [-0.2, -0.15) is 5.26 Å². The molecule has 3 rings (SSSR count). The fourth-order valence-corrected chi connectivity index (χ4v) is 4.13. The van der Waals surface area contributed by atoms with Crippen LogP contribution in [0.1, 0.15) is 55.5 Å². The van der Waals surface area contributed by atoms with Crippen molar-refractivity contribution < 1.29 is 9.59 Å². The number of carbonyl (C=O) groups excluding carboxylic acids is 2. The van der Waals surface area contributed by atoms with Crippen LogP contribution in [0.2, 0.25) is 0 Å². The van der Waals surface area contributed by atoms with E-state index in [1.807, 2.05) is 6.07 Å². The molecule has 1 aliphatic heterocycles. The van der Waals surface area contributed by atoms with Gasteiger partial charge in [-0.3, -0.25) is 14.5 Å². The van der Waals surface area contributed by atoms with Crippen molar-refractivity contribution >= 4 is 17.4 Å². The van der Waals surface area contributed by atoms with Crippen molar-refractivity contribution in [1.29, 1.82) is 5.26 Å². The number of anilines is 1. The van der Waals surface area contributed by atoms with Crippen molar-refractivity contribution in [3.63, 3.8) is 0 Å². The molecule has 0 atom stereocenters. The van der Waals surface area contributed by atoms with Crippen molar-refractivity contribution in [2.24, 2.45) is 5.92 Å². The van der Waals surface area contributed by atoms with Gasteiger partial charge in [0, 0.05) is 37.8 Å². The Morgan fingerprint density at radius 2 is 1.82 bits per heavy atom. The number of carbonyl (C=O) groups is 2. The summed E-state index contributed by atoms with van der Waals surface area (Å²) >= 11 is 0. The second-order valence-corrected chi connectivity index (χ2v) is 8.19. The molecular formula is C22H30N4O2. The van der Waals surface area contributed by atoms with Crippen molar-refractivity contribution in [2.75, 3.05) is 37.6 Å². The highest BCUT2D eigenvalue weighted by Gasteiger charge is 2.24. The van der Waals surface area contributed by atoms with Gasteiger partial charge in [-0.05, 0) is 56.7 Å². The fraction of sp³-hybridized carbons (Fsp3) is 0.591. The molecular weight excluding hydrogens is 352 g/mol. The van der Waals surface area contributed by atoms with E-state index in [0.29, 0.717) is 23.7 Å². The molecule has 2 fully saturated rings. The van der Waals surface area contributed by atoms with Crippen molar-refractivity contribution in [3.05, 3.63) is 29.3 Å². The second kappa shape index (κ2) is 9.20. The van der Waals surface area contributed by atoms with Crippen LogP contribution in [-0.4, -0.2) is 55.4 Å². The average Bonchev–Trinajstić information content (AvgIpc) is 2.69. The predicted molar refractivity (Wildman–Crippen MR) is 109 cm³/mol. The van der Waals surface area contributed by atoms with E-state index >= 15 is 0 Å². The molecule has 0 bridgehead atoms. The van der Waals surface area contributed by atoms with Crippen LogP contribution >= 0.6 is 0 Å². The molecule has 1 saturated carbocycles. The first-order chi connectivity index (χ1) is 13.5. The topological polar surface area (TPSA) is 76.4 Å². The number of amides is 1. The first-order valence-corrected chi connectivity index (χ1v) is 10.3. The van der Waals surface area contributed by atoms with Crippen LogP contribution in [0.4, 0.5) is 5.69 Å². The number of nitriles is 1. The van der Waals surface area contributed by atoms with Crippen molar-refractivity contribution in [1.82, 2.24) is 10.2 Å². The molecule has 2 aliphatic rings. The lowest BCUT2D eigenvalue weighted by molar-refractivity contribution is -0.123. The van der Waals surface area contributed by atoms with Crippen molar-refractivity contribution in [3.8, 4) is 6.07 Å². The van der Waals surface area contributed by atoms with Crippen LogP contribution in [0.3, 0.4) is 0 Å². The lowest BCUT2D eigenvalue weighted by Gasteiger charge is -2.36. The molecule has 0 spiro atoms. The van der Waals surface area contributed by atoms with Gasteiger partial charge >= 0.3 is 0 Å². The Hall–Kier alpha value is -2.39. The number of benzene rings is 1. The quantitative estimate of drug-likeness (QED) is 0.792. The zero-order valence-electron chi connectivity index (χ0n) is 16.9. The van der Waals surface area contributed by atoms with Gasteiger partial charge < -0.3 is 10.2 Å². The third-order valence-corrected chi connectivity index (χ3v) is 5.99. The van der Waals surface area contributed by atoms with Crippen molar-refractivity contribution in [2.45, 2.75) is 45.6 Å². The highest BCUT2D eigenvalue weighted by molar-refractivity contribution is 5.95. The highest BCUT2D eigenvalue weighted by atomic mass is 16.2. The predicted octanol–water partition coefficient (Wildman–Crippen LogP) is 2.58. The Morgan fingerprint density at radius 3 is 2.43 bits per heavy atom. The largest absolute Gasteiger partial charge is 0.368 e. The summed E-state index contributed by atoms with van der Waals surface area (Å²) in [6.07, 6.45) is 4.57. The maximum Gasteiger partial charge on any atom is 0.234 e. The number of nitrogens with one attached hydrogen (secondary N) is 1. The normalized spacial score (nSPS) is 23.1. The number of piperazine rings is 1. The molecule has 6 nitrogen and oxygen atoms in total. The summed E-state index contributed by atoms with van der Waals surface area (Å²) < 4.78 is 0. The van der Waals surface area contributed by atoms with Gasteiger partial charge in [-0.1, -0.05) is 6.92 Å². The van der Waals surface area contributed by atoms with Gasteiger partial charge in [0.05, 0.1) is 17.8 Å². The number of ketones is 1. The van der Waals surface area contributed by atoms with E-state index in [2.05, 4.69) is 28.1 Å². The van der Waals surface area contributed by atoms with Gasteiger partial charge in [0.2, 0.25) is 5.91 Å². The molecule has 0 aromatic heterocycles. The van der Waals surface area contributed by atoms with Crippen LogP contribution in [0.15, 0.2) is 18.2 Å². The lowest BCUT2D eigenvalue weighted by atomic mass is 9.87. The monoisotopic (exact) mass is 382 g/mol. The highest BCUT2D eigenvalue weighted by Crippen LogP contribution is 2.24. The summed E-state index contributed by atoms with van der Waals surface area (Å²) in [5.41, 5.74) is 2.02. The van der Waals surface area contributed by atoms with E-state index in [1.165, 1.54) is 19.8 Å². The van der Waals surface area contributed by atoms with Gasteiger partial charge in [-0.15, -0.1) is 0 Å². The Kier molecular flexibility index (Phi) is 6.69. The number of hydrogen-bond donors (Lipinski definition) is 1. The molecule has 28 heavy (non-hydrogen) atoms. The van der Waals surface area contributed by atoms with Crippen LogP contribution in [0, 0.1) is 17.2 Å². The number of nitrogens with zero attached hydrogens (tertiary/aromatic N) is 3. The zero-order chi connectivity index (χ0) is 20.1. The summed E-state index contributed by atoms with van der Waals surface area (Å²) in [4.78, 5) is 28.4. The maximum atomic E-state index is 12.4. The fourth-order valence-electron chi connectivity index (χ4n) is 4.13. The third-order valence-electron chi connectivity index (χ3n) is 5.99. The van der Waals surface area contributed by atoms with Gasteiger partial charge in [0.15, 0.2) is 5.78 Å². The van der Waals surface area contributed by atoms with E-state index in [9.17, 15) is 14.9 Å². The molecule has 1 aliphatic carbocycles. The summed E-state index contributed by atoms with van der Waals surface area (Å²) in [6, 6.07) is 7.79. The van der Waals surface area contributed by atoms with E-state index in [4.69, 9.17) is 0 Å². The first-order valence-electron chi connectivity index (χ1n) is 10.3. The molecule has 1 saturated heterocycles. The third kappa shape index (κ3) is 5.11. The van der Waals surface area contributed by atoms with Gasteiger partial charge in [-0.25, -0.2) is 0 Å². The maximum absolute atomic E-state index is 12.4. The minimum Gasteiger partial charge on any atom is -0.368 e. The van der Waals surface area contributed by atoms with E-state index in [-0.39, 0.29) is 11.7 Å². The molecule has 1 heterocycles. The van der Waals surface area contributed by atoms with E-state index < -0.39 is 0 Å². The lowest BCUT2D eigenvalue weighted by Crippen LogP contribution is -2.51. The SMILES string of the molecule is CC(=O)c1ccc(C#N)c(N2CCN(CC(=O)NC3CCC(C)CC3)CC2)c1. The number of rotatable bonds is 5. The molecule has 1 aromatic rings. The first kappa shape index (κ1) is 20.3. The molecule has 150 valence electrons. The zero-order valence-corrected chi connectivity index (χ0v) is 16.9. The molecule has 6 heteroatoms. The minimum absolute atomic E-state index is 0.00171. The van der Waals surface area contributed by atoms with Crippen LogP contribution < -0.4 is 10.2 Å².